The van der Waals surface area contributed by atoms with Gasteiger partial charge in [-0.25, -0.2) is 15.0 Å². The number of pyridine rings is 1. The summed E-state index contributed by atoms with van der Waals surface area (Å²) in [6, 6.07) is 11.5. The number of hydrogen-bond acceptors (Lipinski definition) is 5. The Morgan fingerprint density at radius 3 is 2.96 bits per heavy atom. The van der Waals surface area contributed by atoms with E-state index in [1.807, 2.05) is 42.6 Å². The molecule has 0 saturated carbocycles. The molecule has 0 bridgehead atoms. The normalized spacial score (nSPS) is 12.6. The fraction of sp³-hybridized carbons (Fsp3) is 0.118. The van der Waals surface area contributed by atoms with Gasteiger partial charge in [0.25, 0.3) is 0 Å². The van der Waals surface area contributed by atoms with Crippen LogP contribution < -0.4 is 10.6 Å². The molecule has 0 fully saturated rings. The lowest BCUT2D eigenvalue weighted by molar-refractivity contribution is 1.00. The molecule has 2 N–H and O–H groups in total. The van der Waals surface area contributed by atoms with Crippen LogP contribution in [0.2, 0.25) is 5.02 Å². The van der Waals surface area contributed by atoms with Crippen molar-refractivity contribution in [3.63, 3.8) is 0 Å². The monoisotopic (exact) mass is 323 g/mol. The topological polar surface area (TPSA) is 62.7 Å². The van der Waals surface area contributed by atoms with Crippen LogP contribution >= 0.6 is 11.6 Å². The SMILES string of the molecule is Clc1ccc2c(c1)NCCc1cnc(Nc3ccccn3)nc1-2. The van der Waals surface area contributed by atoms with Crippen molar-refractivity contribution < 1.29 is 0 Å². The maximum absolute atomic E-state index is 6.10. The number of aromatic nitrogens is 3. The highest BCUT2D eigenvalue weighted by Crippen LogP contribution is 2.34. The number of hydrogen-bond donors (Lipinski definition) is 2. The van der Waals surface area contributed by atoms with E-state index in [9.17, 15) is 0 Å². The molecule has 0 unspecified atom stereocenters. The smallest absolute Gasteiger partial charge is 0.228 e. The zero-order valence-electron chi connectivity index (χ0n) is 12.3. The molecule has 114 valence electrons. The zero-order valence-corrected chi connectivity index (χ0v) is 13.0. The average molecular weight is 324 g/mol. The predicted molar refractivity (Wildman–Crippen MR) is 92.2 cm³/mol. The maximum Gasteiger partial charge on any atom is 0.228 e. The Bertz CT molecular complexity index is 851. The minimum atomic E-state index is 0.533. The second-order valence-electron chi connectivity index (χ2n) is 5.27. The third kappa shape index (κ3) is 2.83. The summed E-state index contributed by atoms with van der Waals surface area (Å²) in [5, 5.41) is 7.24. The van der Waals surface area contributed by atoms with Gasteiger partial charge in [0.15, 0.2) is 0 Å². The van der Waals surface area contributed by atoms with Gasteiger partial charge in [0.2, 0.25) is 5.95 Å². The molecule has 0 radical (unpaired) electrons. The molecular formula is C17H14ClN5. The number of nitrogens with zero attached hydrogens (tertiary/aromatic N) is 3. The van der Waals surface area contributed by atoms with Gasteiger partial charge in [-0.3, -0.25) is 0 Å². The minimum absolute atomic E-state index is 0.533. The number of benzene rings is 1. The Morgan fingerprint density at radius 1 is 1.13 bits per heavy atom. The van der Waals surface area contributed by atoms with Crippen LogP contribution in [0.5, 0.6) is 0 Å². The van der Waals surface area contributed by atoms with Crippen molar-refractivity contribution in [2.75, 3.05) is 17.2 Å². The molecule has 1 aliphatic rings. The Balaban J connectivity index is 1.77. The van der Waals surface area contributed by atoms with Crippen LogP contribution in [-0.2, 0) is 6.42 Å². The average Bonchev–Trinajstić information content (AvgIpc) is 2.74. The van der Waals surface area contributed by atoms with Gasteiger partial charge >= 0.3 is 0 Å². The lowest BCUT2D eigenvalue weighted by Crippen LogP contribution is -2.04. The van der Waals surface area contributed by atoms with Crippen LogP contribution in [-0.4, -0.2) is 21.5 Å². The zero-order chi connectivity index (χ0) is 15.6. The highest BCUT2D eigenvalue weighted by Gasteiger charge is 2.17. The quantitative estimate of drug-likeness (QED) is 0.748. The summed E-state index contributed by atoms with van der Waals surface area (Å²) in [5.41, 5.74) is 4.08. The minimum Gasteiger partial charge on any atom is -0.384 e. The molecule has 4 rings (SSSR count). The molecule has 3 heterocycles. The van der Waals surface area contributed by atoms with Crippen LogP contribution in [0.3, 0.4) is 0 Å². The number of halogens is 1. The van der Waals surface area contributed by atoms with Crippen molar-refractivity contribution in [1.82, 2.24) is 15.0 Å². The van der Waals surface area contributed by atoms with Gasteiger partial charge in [0.05, 0.1) is 5.69 Å². The Labute approximate surface area is 138 Å². The second kappa shape index (κ2) is 5.85. The standard InChI is InChI=1S/C17H14ClN5/c18-12-4-5-13-14(9-12)19-8-6-11-10-21-17(23-16(11)13)22-15-3-1-2-7-20-15/h1-5,7,9-10,19H,6,8H2,(H,20,21,22,23). The molecule has 5 nitrogen and oxygen atoms in total. The Morgan fingerprint density at radius 2 is 2.09 bits per heavy atom. The summed E-state index contributed by atoms with van der Waals surface area (Å²) < 4.78 is 0. The summed E-state index contributed by atoms with van der Waals surface area (Å²) in [4.78, 5) is 13.3. The van der Waals surface area contributed by atoms with Gasteiger partial charge < -0.3 is 10.6 Å². The molecule has 0 amide bonds. The number of anilines is 3. The van der Waals surface area contributed by atoms with Gasteiger partial charge in [-0.05, 0) is 42.3 Å². The molecule has 0 saturated heterocycles. The lowest BCUT2D eigenvalue weighted by atomic mass is 10.1. The molecular weight excluding hydrogens is 310 g/mol. The highest BCUT2D eigenvalue weighted by molar-refractivity contribution is 6.31. The van der Waals surface area contributed by atoms with Crippen molar-refractivity contribution in [3.8, 4) is 11.3 Å². The Kier molecular flexibility index (Phi) is 3.55. The van der Waals surface area contributed by atoms with Crippen LogP contribution in [0, 0.1) is 0 Å². The molecule has 1 aromatic carbocycles. The van der Waals surface area contributed by atoms with Crippen LogP contribution in [0.15, 0.2) is 48.8 Å². The lowest BCUT2D eigenvalue weighted by Gasteiger charge is -2.10. The van der Waals surface area contributed by atoms with E-state index in [1.165, 1.54) is 0 Å². The molecule has 0 spiro atoms. The van der Waals surface area contributed by atoms with Crippen molar-refractivity contribution in [2.24, 2.45) is 0 Å². The molecule has 3 aromatic rings. The van der Waals surface area contributed by atoms with Gasteiger partial charge in [0.1, 0.15) is 5.82 Å². The first-order chi connectivity index (χ1) is 11.3. The van der Waals surface area contributed by atoms with Crippen molar-refractivity contribution in [3.05, 3.63) is 59.4 Å². The molecule has 1 aliphatic heterocycles. The summed E-state index contributed by atoms with van der Waals surface area (Å²) in [5.74, 6) is 1.25. The first-order valence-electron chi connectivity index (χ1n) is 7.37. The highest BCUT2D eigenvalue weighted by atomic mass is 35.5. The predicted octanol–water partition coefficient (Wildman–Crippen LogP) is 3.90. The second-order valence-corrected chi connectivity index (χ2v) is 5.71. The van der Waals surface area contributed by atoms with E-state index in [4.69, 9.17) is 16.6 Å². The third-order valence-electron chi connectivity index (χ3n) is 3.72. The van der Waals surface area contributed by atoms with Crippen molar-refractivity contribution in [2.45, 2.75) is 6.42 Å². The Hall–Kier alpha value is -2.66. The van der Waals surface area contributed by atoms with E-state index >= 15 is 0 Å². The largest absolute Gasteiger partial charge is 0.384 e. The molecule has 23 heavy (non-hydrogen) atoms. The van der Waals surface area contributed by atoms with E-state index in [-0.39, 0.29) is 0 Å². The molecule has 2 aromatic heterocycles. The number of fused-ring (bicyclic) bond motifs is 3. The molecule has 6 heteroatoms. The number of nitrogens with one attached hydrogen (secondary N) is 2. The van der Waals surface area contributed by atoms with Crippen LogP contribution in [0.4, 0.5) is 17.5 Å². The maximum atomic E-state index is 6.10. The fourth-order valence-corrected chi connectivity index (χ4v) is 2.81. The van der Waals surface area contributed by atoms with E-state index in [2.05, 4.69) is 20.6 Å². The number of rotatable bonds is 2. The van der Waals surface area contributed by atoms with E-state index in [0.29, 0.717) is 11.0 Å². The van der Waals surface area contributed by atoms with Crippen molar-refractivity contribution >= 4 is 29.1 Å². The third-order valence-corrected chi connectivity index (χ3v) is 3.95. The molecule has 0 atom stereocenters. The van der Waals surface area contributed by atoms with Crippen LogP contribution in [0.25, 0.3) is 11.3 Å². The van der Waals surface area contributed by atoms with Gasteiger partial charge in [-0.2, -0.15) is 0 Å². The first-order valence-corrected chi connectivity index (χ1v) is 7.75. The van der Waals surface area contributed by atoms with E-state index < -0.39 is 0 Å². The summed E-state index contributed by atoms with van der Waals surface area (Å²) in [7, 11) is 0. The summed E-state index contributed by atoms with van der Waals surface area (Å²) in [6.07, 6.45) is 4.47. The van der Waals surface area contributed by atoms with Gasteiger partial charge in [0, 0.05) is 35.2 Å². The van der Waals surface area contributed by atoms with E-state index in [1.54, 1.807) is 6.20 Å². The van der Waals surface area contributed by atoms with Crippen LogP contribution in [0.1, 0.15) is 5.56 Å². The fourth-order valence-electron chi connectivity index (χ4n) is 2.64. The first kappa shape index (κ1) is 14.0. The van der Waals surface area contributed by atoms with Gasteiger partial charge in [-0.15, -0.1) is 0 Å². The van der Waals surface area contributed by atoms with Crippen molar-refractivity contribution in [1.29, 1.82) is 0 Å². The molecule has 0 aliphatic carbocycles. The summed E-state index contributed by atoms with van der Waals surface area (Å²) >= 11 is 6.10. The van der Waals surface area contributed by atoms with Gasteiger partial charge in [-0.1, -0.05) is 17.7 Å². The summed E-state index contributed by atoms with van der Waals surface area (Å²) in [6.45, 7) is 0.830. The van der Waals surface area contributed by atoms with E-state index in [0.717, 1.165) is 41.3 Å².